The third-order valence-electron chi connectivity index (χ3n) is 2.36. The molecule has 0 N–H and O–H groups in total. The van der Waals surface area contributed by atoms with Crippen LogP contribution in [0.25, 0.3) is 11.3 Å². The van der Waals surface area contributed by atoms with E-state index in [1.165, 1.54) is 11.3 Å². The normalized spacial score (nSPS) is 12.6. The van der Waals surface area contributed by atoms with Crippen molar-refractivity contribution < 1.29 is 9.29 Å². The average molecular weight is 281 g/mol. The summed E-state index contributed by atoms with van der Waals surface area (Å²) < 4.78 is 17.8. The standard InChI is InChI=1S/C13H15NO2S2/c1-2-16-8-9-18(15)13-14-12(10-17-13)11-6-4-3-5-7-11/h3-7,10H,2,8-9H2,1H3. The number of hydrogen-bond acceptors (Lipinski definition) is 4. The maximum Gasteiger partial charge on any atom is 0.302 e. The van der Waals surface area contributed by atoms with Crippen molar-refractivity contribution in [1.29, 1.82) is 0 Å². The van der Waals surface area contributed by atoms with Crippen molar-refractivity contribution in [2.75, 3.05) is 19.0 Å². The zero-order valence-corrected chi connectivity index (χ0v) is 11.8. The predicted octanol–water partition coefficient (Wildman–Crippen LogP) is 2.95. The second kappa shape index (κ2) is 6.89. The van der Waals surface area contributed by atoms with Crippen molar-refractivity contribution in [2.45, 2.75) is 11.3 Å². The number of rotatable bonds is 6. The quantitative estimate of drug-likeness (QED) is 0.604. The molecule has 1 aromatic carbocycles. The number of hydrogen-bond donors (Lipinski definition) is 0. The Morgan fingerprint density at radius 3 is 2.83 bits per heavy atom. The van der Waals surface area contributed by atoms with Gasteiger partial charge in [0.05, 0.1) is 12.3 Å². The molecule has 0 aliphatic rings. The summed E-state index contributed by atoms with van der Waals surface area (Å²) in [4.78, 5) is 4.42. The zero-order valence-electron chi connectivity index (χ0n) is 10.2. The van der Waals surface area contributed by atoms with Crippen LogP contribution in [0.2, 0.25) is 0 Å². The molecule has 18 heavy (non-hydrogen) atoms. The fourth-order valence-electron chi connectivity index (χ4n) is 1.47. The van der Waals surface area contributed by atoms with Crippen LogP contribution in [0.3, 0.4) is 0 Å². The first kappa shape index (κ1) is 13.5. The first-order chi connectivity index (χ1) is 8.81. The SMILES string of the molecule is CCOCC[S+]([O-])c1nc(-c2ccccc2)cs1. The van der Waals surface area contributed by atoms with E-state index in [1.54, 1.807) is 0 Å². The Balaban J connectivity index is 2.02. The van der Waals surface area contributed by atoms with Crippen LogP contribution in [-0.2, 0) is 15.9 Å². The van der Waals surface area contributed by atoms with Gasteiger partial charge in [-0.05, 0) is 6.92 Å². The van der Waals surface area contributed by atoms with Crippen molar-refractivity contribution in [3.05, 3.63) is 35.7 Å². The van der Waals surface area contributed by atoms with Crippen LogP contribution in [-0.4, -0.2) is 28.5 Å². The number of benzene rings is 1. The summed E-state index contributed by atoms with van der Waals surface area (Å²) in [6.07, 6.45) is 0. The van der Waals surface area contributed by atoms with Crippen LogP contribution in [0.1, 0.15) is 6.92 Å². The van der Waals surface area contributed by atoms with E-state index in [0.29, 0.717) is 23.3 Å². The highest BCUT2D eigenvalue weighted by molar-refractivity contribution is 7.93. The van der Waals surface area contributed by atoms with E-state index in [-0.39, 0.29) is 0 Å². The molecule has 0 bridgehead atoms. The van der Waals surface area contributed by atoms with Gasteiger partial charge in [0.15, 0.2) is 0 Å². The molecule has 3 nitrogen and oxygen atoms in total. The molecule has 1 heterocycles. The highest BCUT2D eigenvalue weighted by atomic mass is 32.2. The van der Waals surface area contributed by atoms with Crippen molar-refractivity contribution in [3.8, 4) is 11.3 Å². The summed E-state index contributed by atoms with van der Waals surface area (Å²) in [5.41, 5.74) is 1.95. The van der Waals surface area contributed by atoms with Crippen molar-refractivity contribution >= 4 is 22.5 Å². The van der Waals surface area contributed by atoms with Crippen LogP contribution < -0.4 is 0 Å². The lowest BCUT2D eigenvalue weighted by Crippen LogP contribution is -2.12. The third-order valence-corrected chi connectivity index (χ3v) is 4.86. The third kappa shape index (κ3) is 3.55. The second-order valence-electron chi connectivity index (χ2n) is 3.61. The molecule has 1 aromatic heterocycles. The second-order valence-corrected chi connectivity index (χ2v) is 6.21. The van der Waals surface area contributed by atoms with E-state index in [1.807, 2.05) is 42.6 Å². The maximum absolute atomic E-state index is 11.9. The molecule has 0 saturated carbocycles. The van der Waals surface area contributed by atoms with E-state index in [4.69, 9.17) is 4.74 Å². The molecule has 1 unspecified atom stereocenters. The van der Waals surface area contributed by atoms with Gasteiger partial charge in [-0.1, -0.05) is 41.7 Å². The molecule has 2 aromatic rings. The van der Waals surface area contributed by atoms with E-state index in [2.05, 4.69) is 4.98 Å². The average Bonchev–Trinajstić information content (AvgIpc) is 2.89. The van der Waals surface area contributed by atoms with E-state index in [9.17, 15) is 4.55 Å². The van der Waals surface area contributed by atoms with Crippen molar-refractivity contribution in [3.63, 3.8) is 0 Å². The lowest BCUT2D eigenvalue weighted by atomic mass is 10.2. The lowest BCUT2D eigenvalue weighted by Gasteiger charge is -2.06. The Hall–Kier alpha value is -0.880. The highest BCUT2D eigenvalue weighted by Gasteiger charge is 2.16. The Morgan fingerprint density at radius 1 is 1.33 bits per heavy atom. The van der Waals surface area contributed by atoms with Gasteiger partial charge in [0, 0.05) is 28.7 Å². The van der Waals surface area contributed by atoms with Gasteiger partial charge in [-0.3, -0.25) is 0 Å². The lowest BCUT2D eigenvalue weighted by molar-refractivity contribution is 0.163. The van der Waals surface area contributed by atoms with Crippen LogP contribution >= 0.6 is 11.3 Å². The number of nitrogens with zero attached hydrogens (tertiary/aromatic N) is 1. The minimum absolute atomic E-state index is 0.510. The number of aromatic nitrogens is 1. The monoisotopic (exact) mass is 281 g/mol. The topological polar surface area (TPSA) is 45.2 Å². The van der Waals surface area contributed by atoms with E-state index < -0.39 is 11.2 Å². The van der Waals surface area contributed by atoms with Crippen LogP contribution in [0.4, 0.5) is 0 Å². The van der Waals surface area contributed by atoms with Gasteiger partial charge in [-0.25, -0.2) is 0 Å². The molecule has 0 fully saturated rings. The summed E-state index contributed by atoms with van der Waals surface area (Å²) in [6, 6.07) is 9.92. The minimum Gasteiger partial charge on any atom is -0.609 e. The molecule has 1 atom stereocenters. The minimum atomic E-state index is -1.06. The fraction of sp³-hybridized carbons (Fsp3) is 0.308. The van der Waals surface area contributed by atoms with Crippen LogP contribution in [0.5, 0.6) is 0 Å². The summed E-state index contributed by atoms with van der Waals surface area (Å²) in [7, 11) is 0. The molecule has 0 spiro atoms. The van der Waals surface area contributed by atoms with Crippen molar-refractivity contribution in [1.82, 2.24) is 4.98 Å². The molecule has 0 saturated heterocycles. The molecule has 0 radical (unpaired) electrons. The number of ether oxygens (including phenoxy) is 1. The smallest absolute Gasteiger partial charge is 0.302 e. The van der Waals surface area contributed by atoms with E-state index in [0.717, 1.165) is 11.3 Å². The van der Waals surface area contributed by atoms with Gasteiger partial charge < -0.3 is 9.29 Å². The summed E-state index contributed by atoms with van der Waals surface area (Å²) >= 11 is 0.388. The van der Waals surface area contributed by atoms with Gasteiger partial charge >= 0.3 is 4.34 Å². The largest absolute Gasteiger partial charge is 0.609 e. The predicted molar refractivity (Wildman–Crippen MR) is 75.3 cm³/mol. The maximum atomic E-state index is 11.9. The van der Waals surface area contributed by atoms with Crippen LogP contribution in [0, 0.1) is 0 Å². The Kier molecular flexibility index (Phi) is 5.19. The molecular weight excluding hydrogens is 266 g/mol. The van der Waals surface area contributed by atoms with Crippen molar-refractivity contribution in [2.24, 2.45) is 0 Å². The van der Waals surface area contributed by atoms with Gasteiger partial charge in [-0.2, -0.15) is 4.98 Å². The van der Waals surface area contributed by atoms with Gasteiger partial charge in [-0.15, -0.1) is 0 Å². The van der Waals surface area contributed by atoms with Crippen LogP contribution in [0.15, 0.2) is 40.1 Å². The molecule has 2 rings (SSSR count). The van der Waals surface area contributed by atoms with Gasteiger partial charge in [0.25, 0.3) is 0 Å². The first-order valence-electron chi connectivity index (χ1n) is 5.78. The first-order valence-corrected chi connectivity index (χ1v) is 7.98. The molecular formula is C13H15NO2S2. The number of thiazole rings is 1. The van der Waals surface area contributed by atoms with Gasteiger partial charge in [0.1, 0.15) is 5.75 Å². The van der Waals surface area contributed by atoms with E-state index >= 15 is 0 Å². The molecule has 0 amide bonds. The Bertz CT molecular complexity index is 473. The Labute approximate surface area is 114 Å². The summed E-state index contributed by atoms with van der Waals surface area (Å²) in [5, 5.41) is 1.95. The fourth-order valence-corrected chi connectivity index (χ4v) is 3.49. The van der Waals surface area contributed by atoms with Gasteiger partial charge in [0.2, 0.25) is 0 Å². The molecule has 5 heteroatoms. The summed E-state index contributed by atoms with van der Waals surface area (Å²) in [6.45, 7) is 3.10. The Morgan fingerprint density at radius 2 is 2.11 bits per heavy atom. The molecule has 0 aliphatic carbocycles. The highest BCUT2D eigenvalue weighted by Crippen LogP contribution is 2.24. The molecule has 0 aliphatic heterocycles. The molecule has 96 valence electrons. The zero-order chi connectivity index (χ0) is 12.8. The summed E-state index contributed by atoms with van der Waals surface area (Å²) in [5.74, 6) is 0.510.